The fraction of sp³-hybridized carbons (Fsp3) is 0.267. The molecule has 2 aromatic heterocycles. The number of rotatable bonds is 6. The highest BCUT2D eigenvalue weighted by Gasteiger charge is 2.10. The first kappa shape index (κ1) is 14.6. The lowest BCUT2D eigenvalue weighted by molar-refractivity contribution is 0.414. The molecule has 0 spiro atoms. The first-order chi connectivity index (χ1) is 10.8. The molecule has 0 aliphatic rings. The van der Waals surface area contributed by atoms with Crippen molar-refractivity contribution in [2.24, 2.45) is 0 Å². The van der Waals surface area contributed by atoms with Crippen LogP contribution in [0.2, 0.25) is 0 Å². The molecule has 0 atom stereocenters. The third-order valence-electron chi connectivity index (χ3n) is 3.07. The number of benzene rings is 1. The van der Waals surface area contributed by atoms with Crippen molar-refractivity contribution in [2.45, 2.75) is 24.3 Å². The van der Waals surface area contributed by atoms with Crippen LogP contribution in [0.25, 0.3) is 5.69 Å². The van der Waals surface area contributed by atoms with Crippen LogP contribution in [-0.2, 0) is 12.2 Å². The van der Waals surface area contributed by atoms with Gasteiger partial charge in [-0.2, -0.15) is 0 Å². The SMILES string of the molecule is CCc1nnc(CSc2nccn2-c2cccc(OC)c2)o1. The van der Waals surface area contributed by atoms with Crippen LogP contribution in [0.4, 0.5) is 0 Å². The molecule has 0 bridgehead atoms. The average Bonchev–Trinajstić information content (AvgIpc) is 3.21. The highest BCUT2D eigenvalue weighted by molar-refractivity contribution is 7.98. The summed E-state index contributed by atoms with van der Waals surface area (Å²) in [7, 11) is 1.66. The lowest BCUT2D eigenvalue weighted by atomic mass is 10.3. The molecule has 1 aromatic carbocycles. The third kappa shape index (κ3) is 3.14. The molecular weight excluding hydrogens is 300 g/mol. The summed E-state index contributed by atoms with van der Waals surface area (Å²) in [4.78, 5) is 4.39. The van der Waals surface area contributed by atoms with Gasteiger partial charge in [-0.05, 0) is 12.1 Å². The van der Waals surface area contributed by atoms with Crippen LogP contribution >= 0.6 is 11.8 Å². The van der Waals surface area contributed by atoms with Gasteiger partial charge in [-0.15, -0.1) is 10.2 Å². The largest absolute Gasteiger partial charge is 0.497 e. The average molecular weight is 316 g/mol. The number of ether oxygens (including phenoxy) is 1. The number of thioether (sulfide) groups is 1. The topological polar surface area (TPSA) is 66.0 Å². The molecule has 6 nitrogen and oxygen atoms in total. The van der Waals surface area contributed by atoms with Crippen molar-refractivity contribution < 1.29 is 9.15 Å². The number of aryl methyl sites for hydroxylation is 1. The summed E-state index contributed by atoms with van der Waals surface area (Å²) >= 11 is 1.55. The van der Waals surface area contributed by atoms with E-state index in [1.54, 1.807) is 25.1 Å². The Bertz CT molecular complexity index is 753. The van der Waals surface area contributed by atoms with E-state index in [1.165, 1.54) is 0 Å². The molecule has 114 valence electrons. The van der Waals surface area contributed by atoms with Crippen molar-refractivity contribution in [1.82, 2.24) is 19.7 Å². The second-order valence-corrected chi connectivity index (χ2v) is 5.46. The summed E-state index contributed by atoms with van der Waals surface area (Å²) in [5, 5.41) is 8.85. The number of nitrogens with zero attached hydrogens (tertiary/aromatic N) is 4. The fourth-order valence-electron chi connectivity index (χ4n) is 1.97. The van der Waals surface area contributed by atoms with E-state index in [4.69, 9.17) is 9.15 Å². The van der Waals surface area contributed by atoms with Gasteiger partial charge in [0.25, 0.3) is 0 Å². The molecule has 0 radical (unpaired) electrons. The van der Waals surface area contributed by atoms with Crippen LogP contribution in [0.5, 0.6) is 5.75 Å². The van der Waals surface area contributed by atoms with Gasteiger partial charge in [0.15, 0.2) is 5.16 Å². The zero-order valence-electron chi connectivity index (χ0n) is 12.4. The quantitative estimate of drug-likeness (QED) is 0.651. The van der Waals surface area contributed by atoms with Crippen LogP contribution in [-0.4, -0.2) is 26.9 Å². The molecule has 3 rings (SSSR count). The molecule has 0 N–H and O–H groups in total. The Hall–Kier alpha value is -2.28. The van der Waals surface area contributed by atoms with Crippen molar-refractivity contribution in [1.29, 1.82) is 0 Å². The van der Waals surface area contributed by atoms with Crippen molar-refractivity contribution in [3.05, 3.63) is 48.4 Å². The van der Waals surface area contributed by atoms with Gasteiger partial charge >= 0.3 is 0 Å². The lowest BCUT2D eigenvalue weighted by Crippen LogP contribution is -1.96. The maximum absolute atomic E-state index is 5.51. The Kier molecular flexibility index (Phi) is 4.43. The standard InChI is InChI=1S/C15H16N4O2S/c1-3-13-17-18-14(21-13)10-22-15-16-7-8-19(15)11-5-4-6-12(9-11)20-2/h4-9H,3,10H2,1-2H3. The van der Waals surface area contributed by atoms with E-state index in [2.05, 4.69) is 15.2 Å². The summed E-state index contributed by atoms with van der Waals surface area (Å²) in [5.74, 6) is 2.67. The van der Waals surface area contributed by atoms with Gasteiger partial charge in [0.2, 0.25) is 11.8 Å². The van der Waals surface area contributed by atoms with Crippen LogP contribution in [0.15, 0.2) is 46.2 Å². The smallest absolute Gasteiger partial charge is 0.226 e. The summed E-state index contributed by atoms with van der Waals surface area (Å²) in [6, 6.07) is 7.84. The van der Waals surface area contributed by atoms with Gasteiger partial charge in [-0.3, -0.25) is 4.57 Å². The van der Waals surface area contributed by atoms with Crippen molar-refractivity contribution in [3.63, 3.8) is 0 Å². The monoisotopic (exact) mass is 316 g/mol. The first-order valence-corrected chi connectivity index (χ1v) is 7.90. The van der Waals surface area contributed by atoms with Gasteiger partial charge in [0, 0.05) is 24.9 Å². The predicted molar refractivity (Wildman–Crippen MR) is 83.4 cm³/mol. The number of hydrogen-bond donors (Lipinski definition) is 0. The lowest BCUT2D eigenvalue weighted by Gasteiger charge is -2.08. The van der Waals surface area contributed by atoms with Crippen LogP contribution in [0, 0.1) is 0 Å². The van der Waals surface area contributed by atoms with E-state index < -0.39 is 0 Å². The Balaban J connectivity index is 1.76. The van der Waals surface area contributed by atoms with Crippen molar-refractivity contribution in [3.8, 4) is 11.4 Å². The van der Waals surface area contributed by atoms with Crippen molar-refractivity contribution in [2.75, 3.05) is 7.11 Å². The summed E-state index contributed by atoms with van der Waals surface area (Å²) in [5.41, 5.74) is 0.999. The molecule has 0 aliphatic heterocycles. The normalized spacial score (nSPS) is 10.8. The number of hydrogen-bond acceptors (Lipinski definition) is 6. The highest BCUT2D eigenvalue weighted by Crippen LogP contribution is 2.25. The Labute approximate surface area is 132 Å². The van der Waals surface area contributed by atoms with E-state index in [0.717, 1.165) is 23.0 Å². The Morgan fingerprint density at radius 3 is 2.91 bits per heavy atom. The zero-order valence-corrected chi connectivity index (χ0v) is 13.2. The zero-order chi connectivity index (χ0) is 15.4. The van der Waals surface area contributed by atoms with Gasteiger partial charge in [-0.25, -0.2) is 4.98 Å². The Morgan fingerprint density at radius 1 is 1.27 bits per heavy atom. The number of imidazole rings is 1. The molecule has 7 heteroatoms. The van der Waals surface area contributed by atoms with Crippen molar-refractivity contribution >= 4 is 11.8 Å². The van der Waals surface area contributed by atoms with Crippen LogP contribution < -0.4 is 4.74 Å². The van der Waals surface area contributed by atoms with Gasteiger partial charge in [0.05, 0.1) is 18.6 Å². The van der Waals surface area contributed by atoms with Crippen LogP contribution in [0.1, 0.15) is 18.7 Å². The van der Waals surface area contributed by atoms with E-state index >= 15 is 0 Å². The minimum atomic E-state index is 0.591. The van der Waals surface area contributed by atoms with Crippen LogP contribution in [0.3, 0.4) is 0 Å². The second-order valence-electron chi connectivity index (χ2n) is 4.51. The Morgan fingerprint density at radius 2 is 2.14 bits per heavy atom. The first-order valence-electron chi connectivity index (χ1n) is 6.92. The highest BCUT2D eigenvalue weighted by atomic mass is 32.2. The maximum atomic E-state index is 5.51. The van der Waals surface area contributed by atoms with E-state index in [0.29, 0.717) is 17.5 Å². The van der Waals surface area contributed by atoms with E-state index in [-0.39, 0.29) is 0 Å². The fourth-order valence-corrected chi connectivity index (χ4v) is 2.78. The molecule has 0 saturated heterocycles. The molecule has 3 aromatic rings. The summed E-state index contributed by atoms with van der Waals surface area (Å²) in [6.07, 6.45) is 4.44. The van der Waals surface area contributed by atoms with E-state index in [9.17, 15) is 0 Å². The van der Waals surface area contributed by atoms with Gasteiger partial charge in [-0.1, -0.05) is 24.8 Å². The molecule has 0 fully saturated rings. The van der Waals surface area contributed by atoms with Gasteiger partial charge < -0.3 is 9.15 Å². The molecule has 0 amide bonds. The predicted octanol–water partition coefficient (Wildman–Crippen LogP) is 3.12. The molecule has 22 heavy (non-hydrogen) atoms. The minimum absolute atomic E-state index is 0.591. The summed E-state index contributed by atoms with van der Waals surface area (Å²) in [6.45, 7) is 1.99. The van der Waals surface area contributed by atoms with Gasteiger partial charge in [0.1, 0.15) is 5.75 Å². The number of methoxy groups -OCH3 is 1. The second kappa shape index (κ2) is 6.65. The maximum Gasteiger partial charge on any atom is 0.226 e. The molecule has 0 saturated carbocycles. The third-order valence-corrected chi connectivity index (χ3v) is 4.03. The molecule has 0 unspecified atom stereocenters. The molecular formula is C15H16N4O2S. The number of aromatic nitrogens is 4. The molecule has 2 heterocycles. The summed E-state index contributed by atoms with van der Waals surface area (Å²) < 4.78 is 12.8. The minimum Gasteiger partial charge on any atom is -0.497 e. The van der Waals surface area contributed by atoms with E-state index in [1.807, 2.05) is 42.0 Å². The molecule has 0 aliphatic carbocycles.